The van der Waals surface area contributed by atoms with Gasteiger partial charge < -0.3 is 14.9 Å². The van der Waals surface area contributed by atoms with E-state index in [1.807, 2.05) is 0 Å². The molecule has 1 aliphatic heterocycles. The van der Waals surface area contributed by atoms with Crippen molar-refractivity contribution < 1.29 is 19.7 Å². The molecule has 1 heterocycles. The fourth-order valence-corrected chi connectivity index (χ4v) is 1.83. The van der Waals surface area contributed by atoms with Gasteiger partial charge in [0.05, 0.1) is 19.3 Å². The Kier molecular flexibility index (Phi) is 6.18. The summed E-state index contributed by atoms with van der Waals surface area (Å²) in [4.78, 5) is 12.8. The van der Waals surface area contributed by atoms with E-state index in [4.69, 9.17) is 14.9 Å². The van der Waals surface area contributed by atoms with Crippen molar-refractivity contribution in [1.82, 2.24) is 4.90 Å². The van der Waals surface area contributed by atoms with Gasteiger partial charge in [0.1, 0.15) is 0 Å². The van der Waals surface area contributed by atoms with E-state index < -0.39 is 5.97 Å². The van der Waals surface area contributed by atoms with Crippen molar-refractivity contribution in [3.05, 3.63) is 11.6 Å². The predicted octanol–water partition coefficient (Wildman–Crippen LogP) is 0.491. The Balaban J connectivity index is 2.23. The Morgan fingerprint density at radius 3 is 2.65 bits per heavy atom. The molecule has 0 aliphatic carbocycles. The second-order valence-electron chi connectivity index (χ2n) is 4.29. The molecule has 0 aromatic carbocycles. The topological polar surface area (TPSA) is 70.0 Å². The molecule has 5 nitrogen and oxygen atoms in total. The van der Waals surface area contributed by atoms with Crippen LogP contribution < -0.4 is 0 Å². The summed E-state index contributed by atoms with van der Waals surface area (Å²) in [5.74, 6) is -0.855. The van der Waals surface area contributed by atoms with E-state index in [9.17, 15) is 4.79 Å². The molecular weight excluding hydrogens is 222 g/mol. The number of aliphatic hydroxyl groups is 1. The van der Waals surface area contributed by atoms with Gasteiger partial charge in [0.25, 0.3) is 0 Å². The lowest BCUT2D eigenvalue weighted by Gasteiger charge is -2.31. The van der Waals surface area contributed by atoms with Gasteiger partial charge in [0.15, 0.2) is 0 Å². The lowest BCUT2D eigenvalue weighted by molar-refractivity contribution is -0.132. The summed E-state index contributed by atoms with van der Waals surface area (Å²) >= 11 is 0. The molecule has 0 aromatic heterocycles. The molecule has 5 heteroatoms. The van der Waals surface area contributed by atoms with Crippen molar-refractivity contribution in [2.75, 3.05) is 32.8 Å². The first-order chi connectivity index (χ1) is 8.13. The molecule has 1 saturated heterocycles. The summed E-state index contributed by atoms with van der Waals surface area (Å²) in [7, 11) is 0. The maximum absolute atomic E-state index is 10.6. The van der Waals surface area contributed by atoms with Gasteiger partial charge in [-0.2, -0.15) is 0 Å². The third-order valence-electron chi connectivity index (χ3n) is 2.97. The van der Waals surface area contributed by atoms with Gasteiger partial charge in [-0.15, -0.1) is 0 Å². The Hall–Kier alpha value is -0.910. The summed E-state index contributed by atoms with van der Waals surface area (Å²) in [5.41, 5.74) is 0.392. The number of ether oxygens (including phenoxy) is 1. The zero-order chi connectivity index (χ0) is 12.7. The van der Waals surface area contributed by atoms with Crippen molar-refractivity contribution in [1.29, 1.82) is 0 Å². The summed E-state index contributed by atoms with van der Waals surface area (Å²) in [6.07, 6.45) is 3.87. The number of nitrogens with zero attached hydrogens (tertiary/aromatic N) is 1. The third kappa shape index (κ3) is 5.30. The number of hydrogen-bond donors (Lipinski definition) is 2. The minimum absolute atomic E-state index is 0.0702. The van der Waals surface area contributed by atoms with Crippen molar-refractivity contribution in [3.8, 4) is 0 Å². The molecule has 0 aromatic rings. The van der Waals surface area contributed by atoms with Crippen molar-refractivity contribution in [2.24, 2.45) is 0 Å². The van der Waals surface area contributed by atoms with Crippen LogP contribution in [0.5, 0.6) is 0 Å². The molecule has 0 spiro atoms. The standard InChI is InChI=1S/C12H21NO4/c1-10(12(15)16)2-5-13-6-3-11(4-7-13)17-9-8-14/h2,11,14H,3-9H2,1H3,(H,15,16). The smallest absolute Gasteiger partial charge is 0.330 e. The SMILES string of the molecule is CC(=CCN1CCC(OCCO)CC1)C(=O)O. The van der Waals surface area contributed by atoms with Gasteiger partial charge >= 0.3 is 5.97 Å². The number of carboxylic acid groups (broad SMARTS) is 1. The maximum atomic E-state index is 10.6. The zero-order valence-electron chi connectivity index (χ0n) is 10.3. The van der Waals surface area contributed by atoms with Crippen LogP contribution in [0.4, 0.5) is 0 Å². The largest absolute Gasteiger partial charge is 0.478 e. The van der Waals surface area contributed by atoms with Crippen LogP contribution in [-0.2, 0) is 9.53 Å². The lowest BCUT2D eigenvalue weighted by atomic mass is 10.1. The van der Waals surface area contributed by atoms with E-state index in [2.05, 4.69) is 4.90 Å². The van der Waals surface area contributed by atoms with Crippen molar-refractivity contribution in [3.63, 3.8) is 0 Å². The van der Waals surface area contributed by atoms with E-state index in [-0.39, 0.29) is 12.7 Å². The highest BCUT2D eigenvalue weighted by molar-refractivity contribution is 5.85. The highest BCUT2D eigenvalue weighted by atomic mass is 16.5. The molecule has 98 valence electrons. The number of aliphatic hydroxyl groups excluding tert-OH is 1. The molecule has 17 heavy (non-hydrogen) atoms. The van der Waals surface area contributed by atoms with Crippen LogP contribution in [0.25, 0.3) is 0 Å². The summed E-state index contributed by atoms with van der Waals surface area (Å²) in [6, 6.07) is 0. The van der Waals surface area contributed by atoms with Gasteiger partial charge in [-0.05, 0) is 19.8 Å². The third-order valence-corrected chi connectivity index (χ3v) is 2.97. The summed E-state index contributed by atoms with van der Waals surface area (Å²) in [5, 5.41) is 17.4. The second kappa shape index (κ2) is 7.42. The summed E-state index contributed by atoms with van der Waals surface area (Å²) in [6.45, 7) is 4.60. The highest BCUT2D eigenvalue weighted by Crippen LogP contribution is 2.13. The average molecular weight is 243 g/mol. The van der Waals surface area contributed by atoms with E-state index in [1.54, 1.807) is 13.0 Å². The fraction of sp³-hybridized carbons (Fsp3) is 0.750. The Labute approximate surface area is 102 Å². The first kappa shape index (κ1) is 14.2. The van der Waals surface area contributed by atoms with Crippen LogP contribution in [0.15, 0.2) is 11.6 Å². The van der Waals surface area contributed by atoms with Gasteiger partial charge in [-0.1, -0.05) is 6.08 Å². The van der Waals surface area contributed by atoms with Gasteiger partial charge in [-0.25, -0.2) is 4.79 Å². The molecule has 0 radical (unpaired) electrons. The first-order valence-electron chi connectivity index (χ1n) is 5.98. The van der Waals surface area contributed by atoms with E-state index in [1.165, 1.54) is 0 Å². The predicted molar refractivity (Wildman–Crippen MR) is 63.9 cm³/mol. The van der Waals surface area contributed by atoms with Crippen LogP contribution in [0.1, 0.15) is 19.8 Å². The molecule has 0 amide bonds. The number of piperidine rings is 1. The summed E-state index contributed by atoms with van der Waals surface area (Å²) < 4.78 is 5.46. The Bertz CT molecular complexity index is 270. The van der Waals surface area contributed by atoms with Crippen LogP contribution in [0.3, 0.4) is 0 Å². The minimum atomic E-state index is -0.855. The van der Waals surface area contributed by atoms with Gasteiger partial charge in [0, 0.05) is 25.2 Å². The van der Waals surface area contributed by atoms with Gasteiger partial charge in [0.2, 0.25) is 0 Å². The number of hydrogen-bond acceptors (Lipinski definition) is 4. The monoisotopic (exact) mass is 243 g/mol. The number of rotatable bonds is 6. The van der Waals surface area contributed by atoms with Crippen molar-refractivity contribution >= 4 is 5.97 Å². The number of carboxylic acids is 1. The molecule has 1 aliphatic rings. The molecular formula is C12H21NO4. The maximum Gasteiger partial charge on any atom is 0.330 e. The molecule has 0 bridgehead atoms. The quantitative estimate of drug-likeness (QED) is 0.664. The van der Waals surface area contributed by atoms with Crippen molar-refractivity contribution in [2.45, 2.75) is 25.9 Å². The van der Waals surface area contributed by atoms with Crippen LogP contribution in [-0.4, -0.2) is 60.0 Å². The first-order valence-corrected chi connectivity index (χ1v) is 5.98. The Morgan fingerprint density at radius 2 is 2.12 bits per heavy atom. The second-order valence-corrected chi connectivity index (χ2v) is 4.29. The number of likely N-dealkylation sites (tertiary alicyclic amines) is 1. The number of aliphatic carboxylic acids is 1. The molecule has 0 unspecified atom stereocenters. The molecule has 2 N–H and O–H groups in total. The molecule has 0 atom stereocenters. The van der Waals surface area contributed by atoms with Gasteiger partial charge in [-0.3, -0.25) is 4.90 Å². The Morgan fingerprint density at radius 1 is 1.47 bits per heavy atom. The normalized spacial score (nSPS) is 19.5. The fourth-order valence-electron chi connectivity index (χ4n) is 1.83. The highest BCUT2D eigenvalue weighted by Gasteiger charge is 2.18. The van der Waals surface area contributed by atoms with E-state index >= 15 is 0 Å². The zero-order valence-corrected chi connectivity index (χ0v) is 10.3. The average Bonchev–Trinajstić information content (AvgIpc) is 2.34. The molecule has 1 rings (SSSR count). The lowest BCUT2D eigenvalue weighted by Crippen LogP contribution is -2.37. The van der Waals surface area contributed by atoms with E-state index in [0.29, 0.717) is 18.7 Å². The minimum Gasteiger partial charge on any atom is -0.478 e. The van der Waals surface area contributed by atoms with Crippen LogP contribution in [0, 0.1) is 0 Å². The van der Waals surface area contributed by atoms with Crippen LogP contribution >= 0.6 is 0 Å². The number of carbonyl (C=O) groups is 1. The van der Waals surface area contributed by atoms with Crippen LogP contribution in [0.2, 0.25) is 0 Å². The molecule has 1 fully saturated rings. The molecule has 0 saturated carbocycles. The van der Waals surface area contributed by atoms with E-state index in [0.717, 1.165) is 25.9 Å².